The molecule has 0 bridgehead atoms. The van der Waals surface area contributed by atoms with Crippen LogP contribution in [0.1, 0.15) is 40.5 Å². The highest BCUT2D eigenvalue weighted by molar-refractivity contribution is 5.68. The number of halogens is 3. The number of hydrogen-bond donors (Lipinski definition) is 2. The van der Waals surface area contributed by atoms with Crippen LogP contribution in [-0.4, -0.2) is 59.7 Å². The van der Waals surface area contributed by atoms with Crippen molar-refractivity contribution in [2.24, 2.45) is 5.92 Å². The van der Waals surface area contributed by atoms with Gasteiger partial charge in [-0.3, -0.25) is 0 Å². The van der Waals surface area contributed by atoms with Crippen LogP contribution in [0.4, 0.5) is 18.0 Å². The van der Waals surface area contributed by atoms with Crippen LogP contribution in [0.5, 0.6) is 0 Å². The molecule has 2 N–H and O–H groups in total. The average Bonchev–Trinajstić information content (AvgIpc) is 2.41. The molecule has 136 valence electrons. The molecular weight excluding hydrogens is 313 g/mol. The summed E-state index contributed by atoms with van der Waals surface area (Å²) in [6.45, 7) is 7.60. The van der Waals surface area contributed by atoms with Crippen molar-refractivity contribution in [3.05, 3.63) is 0 Å². The van der Waals surface area contributed by atoms with Crippen molar-refractivity contribution in [1.82, 2.24) is 10.2 Å². The number of rotatable bonds is 4. The third kappa shape index (κ3) is 6.95. The van der Waals surface area contributed by atoms with Crippen molar-refractivity contribution in [3.63, 3.8) is 0 Å². The number of amides is 1. The molecule has 23 heavy (non-hydrogen) atoms. The summed E-state index contributed by atoms with van der Waals surface area (Å²) < 4.78 is 42.2. The zero-order valence-electron chi connectivity index (χ0n) is 14.1. The molecule has 0 aromatic heterocycles. The number of carbonyl (C=O) groups is 1. The molecular formula is C15H27F3N2O3. The Morgan fingerprint density at radius 2 is 2.00 bits per heavy atom. The summed E-state index contributed by atoms with van der Waals surface area (Å²) in [7, 11) is 0. The molecule has 1 aliphatic rings. The van der Waals surface area contributed by atoms with Crippen molar-refractivity contribution >= 4 is 6.09 Å². The normalized spacial score (nSPS) is 22.6. The number of aliphatic hydroxyl groups is 1. The number of aliphatic hydroxyl groups excluding tert-OH is 1. The fraction of sp³-hybridized carbons (Fsp3) is 0.933. The predicted octanol–water partition coefficient (Wildman–Crippen LogP) is 2.53. The number of alkyl halides is 3. The Morgan fingerprint density at radius 1 is 1.39 bits per heavy atom. The number of hydrogen-bond acceptors (Lipinski definition) is 4. The Balaban J connectivity index is 2.49. The first-order chi connectivity index (χ1) is 10.4. The van der Waals surface area contributed by atoms with Gasteiger partial charge in [-0.15, -0.1) is 0 Å². The fourth-order valence-electron chi connectivity index (χ4n) is 2.49. The Kier molecular flexibility index (Phi) is 6.70. The largest absolute Gasteiger partial charge is 0.444 e. The van der Waals surface area contributed by atoms with Crippen LogP contribution in [0.2, 0.25) is 0 Å². The summed E-state index contributed by atoms with van der Waals surface area (Å²) in [5.74, 6) is 0.0247. The maximum Gasteiger partial charge on any atom is 0.415 e. The molecule has 0 aromatic carbocycles. The number of likely N-dealkylation sites (tertiary alicyclic amines) is 1. The zero-order valence-corrected chi connectivity index (χ0v) is 14.1. The Morgan fingerprint density at radius 3 is 2.52 bits per heavy atom. The lowest BCUT2D eigenvalue weighted by Crippen LogP contribution is -2.50. The monoisotopic (exact) mass is 340 g/mol. The third-order valence-corrected chi connectivity index (χ3v) is 3.83. The van der Waals surface area contributed by atoms with Crippen LogP contribution in [0.3, 0.4) is 0 Å². The van der Waals surface area contributed by atoms with Gasteiger partial charge in [0, 0.05) is 25.7 Å². The van der Waals surface area contributed by atoms with E-state index < -0.39 is 30.5 Å². The first kappa shape index (κ1) is 20.0. The van der Waals surface area contributed by atoms with E-state index in [1.54, 1.807) is 32.6 Å². The van der Waals surface area contributed by atoms with Gasteiger partial charge in [0.1, 0.15) is 5.60 Å². The van der Waals surface area contributed by atoms with E-state index in [4.69, 9.17) is 9.84 Å². The molecule has 1 fully saturated rings. The summed E-state index contributed by atoms with van der Waals surface area (Å²) >= 11 is 0. The number of piperidine rings is 1. The fourth-order valence-corrected chi connectivity index (χ4v) is 2.49. The Labute approximate surface area is 135 Å². The summed E-state index contributed by atoms with van der Waals surface area (Å²) in [6, 6.07) is -0.239. The standard InChI is InChI=1S/C15H27F3N2O3/c1-10(19-8-12(21)15(16,17)18)11-6-5-7-20(9-11)13(22)23-14(2,3)4/h10-12,19,21H,5-9H2,1-4H3. The van der Waals surface area contributed by atoms with Gasteiger partial charge in [-0.05, 0) is 46.5 Å². The van der Waals surface area contributed by atoms with E-state index in [0.717, 1.165) is 12.8 Å². The molecule has 3 unspecified atom stereocenters. The Hall–Kier alpha value is -1.02. The summed E-state index contributed by atoms with van der Waals surface area (Å²) in [5, 5.41) is 11.7. The van der Waals surface area contributed by atoms with Crippen molar-refractivity contribution < 1.29 is 27.8 Å². The van der Waals surface area contributed by atoms with Crippen LogP contribution in [0.25, 0.3) is 0 Å². The second-order valence-electron chi connectivity index (χ2n) is 7.08. The van der Waals surface area contributed by atoms with Gasteiger partial charge in [0.05, 0.1) is 0 Å². The highest BCUT2D eigenvalue weighted by Crippen LogP contribution is 2.23. The van der Waals surface area contributed by atoms with Crippen LogP contribution >= 0.6 is 0 Å². The summed E-state index contributed by atoms with van der Waals surface area (Å²) in [6.07, 6.45) is -5.81. The second kappa shape index (κ2) is 7.70. The van der Waals surface area contributed by atoms with Gasteiger partial charge in [-0.1, -0.05) is 0 Å². The molecule has 0 aliphatic carbocycles. The first-order valence-electron chi connectivity index (χ1n) is 7.86. The van der Waals surface area contributed by atoms with E-state index in [0.29, 0.717) is 13.1 Å². The molecule has 3 atom stereocenters. The molecule has 1 saturated heterocycles. The van der Waals surface area contributed by atoms with Crippen LogP contribution < -0.4 is 5.32 Å². The molecule has 0 spiro atoms. The maximum absolute atomic E-state index is 12.3. The van der Waals surface area contributed by atoms with Gasteiger partial charge >= 0.3 is 12.3 Å². The van der Waals surface area contributed by atoms with Gasteiger partial charge < -0.3 is 20.1 Å². The summed E-state index contributed by atoms with van der Waals surface area (Å²) in [4.78, 5) is 13.7. The van der Waals surface area contributed by atoms with Crippen LogP contribution in [0.15, 0.2) is 0 Å². The van der Waals surface area contributed by atoms with Gasteiger partial charge in [0.15, 0.2) is 6.10 Å². The van der Waals surface area contributed by atoms with Crippen molar-refractivity contribution in [2.45, 2.75) is 64.5 Å². The van der Waals surface area contributed by atoms with E-state index >= 15 is 0 Å². The molecule has 5 nitrogen and oxygen atoms in total. The minimum Gasteiger partial charge on any atom is -0.444 e. The van der Waals surface area contributed by atoms with E-state index in [-0.39, 0.29) is 12.0 Å². The molecule has 1 amide bonds. The van der Waals surface area contributed by atoms with Gasteiger partial charge in [0.2, 0.25) is 0 Å². The van der Waals surface area contributed by atoms with Gasteiger partial charge in [0.25, 0.3) is 0 Å². The number of ether oxygens (including phenoxy) is 1. The predicted molar refractivity (Wildman–Crippen MR) is 80.1 cm³/mol. The lowest BCUT2D eigenvalue weighted by atomic mass is 9.91. The van der Waals surface area contributed by atoms with Crippen molar-refractivity contribution in [2.75, 3.05) is 19.6 Å². The van der Waals surface area contributed by atoms with Crippen molar-refractivity contribution in [1.29, 1.82) is 0 Å². The van der Waals surface area contributed by atoms with E-state index in [1.807, 2.05) is 0 Å². The molecule has 1 rings (SSSR count). The second-order valence-corrected chi connectivity index (χ2v) is 7.08. The Bertz CT molecular complexity index is 396. The smallest absolute Gasteiger partial charge is 0.415 e. The minimum atomic E-state index is -4.62. The molecule has 8 heteroatoms. The lowest BCUT2D eigenvalue weighted by Gasteiger charge is -2.37. The molecule has 1 aliphatic heterocycles. The molecule has 0 radical (unpaired) electrons. The zero-order chi connectivity index (χ0) is 17.8. The third-order valence-electron chi connectivity index (χ3n) is 3.83. The van der Waals surface area contributed by atoms with Crippen LogP contribution in [-0.2, 0) is 4.74 Å². The van der Waals surface area contributed by atoms with Crippen LogP contribution in [0, 0.1) is 5.92 Å². The number of nitrogens with zero attached hydrogens (tertiary/aromatic N) is 1. The van der Waals surface area contributed by atoms with Gasteiger partial charge in [-0.25, -0.2) is 4.79 Å². The first-order valence-corrected chi connectivity index (χ1v) is 7.86. The minimum absolute atomic E-state index is 0.0247. The lowest BCUT2D eigenvalue weighted by molar-refractivity contribution is -0.202. The number of nitrogens with one attached hydrogen (secondary N) is 1. The SMILES string of the molecule is CC(NCC(O)C(F)(F)F)C1CCCN(C(=O)OC(C)(C)C)C1. The van der Waals surface area contributed by atoms with E-state index in [9.17, 15) is 18.0 Å². The molecule has 1 heterocycles. The number of carbonyl (C=O) groups excluding carboxylic acids is 1. The van der Waals surface area contributed by atoms with Crippen molar-refractivity contribution in [3.8, 4) is 0 Å². The quantitative estimate of drug-likeness (QED) is 0.826. The topological polar surface area (TPSA) is 61.8 Å². The average molecular weight is 340 g/mol. The molecule has 0 saturated carbocycles. The van der Waals surface area contributed by atoms with Gasteiger partial charge in [-0.2, -0.15) is 13.2 Å². The maximum atomic E-state index is 12.3. The van der Waals surface area contributed by atoms with E-state index in [1.165, 1.54) is 0 Å². The summed E-state index contributed by atoms with van der Waals surface area (Å²) in [5.41, 5.74) is -0.579. The van der Waals surface area contributed by atoms with E-state index in [2.05, 4.69) is 5.32 Å². The highest BCUT2D eigenvalue weighted by Gasteiger charge is 2.38. The molecule has 0 aromatic rings. The highest BCUT2D eigenvalue weighted by atomic mass is 19.4.